The second kappa shape index (κ2) is 11.4. The molecule has 39 heavy (non-hydrogen) atoms. The molecule has 0 bridgehead atoms. The van der Waals surface area contributed by atoms with E-state index in [9.17, 15) is 18.8 Å². The number of hydrogen-bond donors (Lipinski definition) is 3. The first-order valence-electron chi connectivity index (χ1n) is 13.2. The van der Waals surface area contributed by atoms with E-state index in [2.05, 4.69) is 16.2 Å². The maximum absolute atomic E-state index is 15.1. The smallest absolute Gasteiger partial charge is 0.270 e. The fourth-order valence-corrected chi connectivity index (χ4v) is 5.75. The minimum atomic E-state index is -3.17. The second-order valence-electron chi connectivity index (χ2n) is 11.0. The van der Waals surface area contributed by atoms with Crippen LogP contribution in [-0.2, 0) is 16.0 Å². The number of nitrogens with one attached hydrogen (secondary N) is 3. The van der Waals surface area contributed by atoms with Crippen molar-refractivity contribution in [2.24, 2.45) is 11.8 Å². The van der Waals surface area contributed by atoms with E-state index in [0.717, 1.165) is 16.0 Å². The van der Waals surface area contributed by atoms with Crippen LogP contribution in [-0.4, -0.2) is 47.2 Å². The number of hydrogen-bond acceptors (Lipinski definition) is 4. The molecule has 2 unspecified atom stereocenters. The average Bonchev–Trinajstić information content (AvgIpc) is 3.17. The molecule has 2 aliphatic rings. The van der Waals surface area contributed by atoms with Gasteiger partial charge in [0.15, 0.2) is 0 Å². The molecule has 0 saturated carbocycles. The molecule has 2 heterocycles. The fourth-order valence-electron chi connectivity index (χ4n) is 5.75. The number of rotatable bonds is 7. The van der Waals surface area contributed by atoms with Gasteiger partial charge in [-0.3, -0.25) is 19.8 Å². The van der Waals surface area contributed by atoms with Crippen molar-refractivity contribution < 1.29 is 27.6 Å². The SMILES string of the molecule is Cc1cc(C(=O)NCC(=O)N2[C@@H](C(C)C)C(F)(F)C[C@H]2c2cccc(F)c2)ccc1CC1CC(C)NNC1=O. The molecule has 3 N–H and O–H groups in total. The van der Waals surface area contributed by atoms with E-state index in [1.54, 1.807) is 32.0 Å². The summed E-state index contributed by atoms with van der Waals surface area (Å²) in [4.78, 5) is 39.5. The van der Waals surface area contributed by atoms with Crippen LogP contribution in [0.4, 0.5) is 13.2 Å². The Morgan fingerprint density at radius 3 is 2.59 bits per heavy atom. The Balaban J connectivity index is 1.46. The van der Waals surface area contributed by atoms with Gasteiger partial charge in [0.05, 0.1) is 18.6 Å². The minimum Gasteiger partial charge on any atom is -0.343 e. The summed E-state index contributed by atoms with van der Waals surface area (Å²) in [5, 5.41) is 2.57. The third-order valence-corrected chi connectivity index (χ3v) is 7.61. The molecule has 0 radical (unpaired) electrons. The van der Waals surface area contributed by atoms with E-state index < -0.39 is 54.5 Å². The van der Waals surface area contributed by atoms with Crippen LogP contribution in [0.5, 0.6) is 0 Å². The fraction of sp³-hybridized carbons (Fsp3) is 0.483. The molecular weight excluding hydrogens is 509 g/mol. The highest BCUT2D eigenvalue weighted by atomic mass is 19.3. The summed E-state index contributed by atoms with van der Waals surface area (Å²) < 4.78 is 44.0. The van der Waals surface area contributed by atoms with Gasteiger partial charge in [0.1, 0.15) is 5.82 Å². The highest BCUT2D eigenvalue weighted by molar-refractivity contribution is 5.96. The number of benzene rings is 2. The first kappa shape index (κ1) is 28.6. The van der Waals surface area contributed by atoms with Crippen LogP contribution in [0.3, 0.4) is 0 Å². The number of carbonyl (C=O) groups is 3. The lowest BCUT2D eigenvalue weighted by Gasteiger charge is -2.34. The van der Waals surface area contributed by atoms with Crippen molar-refractivity contribution in [3.63, 3.8) is 0 Å². The molecule has 2 fully saturated rings. The van der Waals surface area contributed by atoms with E-state index in [0.29, 0.717) is 24.0 Å². The molecule has 0 aliphatic carbocycles. The largest absolute Gasteiger partial charge is 0.343 e. The third kappa shape index (κ3) is 6.27. The Labute approximate surface area is 226 Å². The van der Waals surface area contributed by atoms with E-state index in [1.165, 1.54) is 24.3 Å². The molecular formula is C29H35F3N4O3. The molecule has 0 aromatic heterocycles. The standard InChI is InChI=1S/C29H35F3N4O3/c1-16(2)26-29(31,32)14-24(20-6-5-7-23(30)13-20)36(26)25(37)15-33-27(38)21-9-8-19(17(3)10-21)12-22-11-18(4)34-35-28(22)39/h5-10,13,16,18,22,24,26,34H,11-12,14-15H2,1-4H3,(H,33,38)(H,35,39)/t18?,22?,24-,26-/m0/s1. The summed E-state index contributed by atoms with van der Waals surface area (Å²) in [6.45, 7) is 6.59. The molecule has 210 valence electrons. The van der Waals surface area contributed by atoms with Crippen LogP contribution in [0, 0.1) is 24.6 Å². The second-order valence-corrected chi connectivity index (χ2v) is 11.0. The highest BCUT2D eigenvalue weighted by Gasteiger charge is 2.57. The lowest BCUT2D eigenvalue weighted by Crippen LogP contribution is -2.52. The van der Waals surface area contributed by atoms with Gasteiger partial charge in [0.2, 0.25) is 11.8 Å². The number of alkyl halides is 2. The number of halogens is 3. The average molecular weight is 545 g/mol. The number of nitrogens with zero attached hydrogens (tertiary/aromatic N) is 1. The number of likely N-dealkylation sites (tertiary alicyclic amines) is 1. The van der Waals surface area contributed by atoms with Crippen molar-refractivity contribution >= 4 is 17.7 Å². The van der Waals surface area contributed by atoms with Crippen LogP contribution in [0.1, 0.15) is 66.7 Å². The first-order valence-corrected chi connectivity index (χ1v) is 13.2. The van der Waals surface area contributed by atoms with Gasteiger partial charge in [-0.05, 0) is 73.6 Å². The number of amides is 3. The van der Waals surface area contributed by atoms with Crippen molar-refractivity contribution in [2.75, 3.05) is 6.54 Å². The summed E-state index contributed by atoms with van der Waals surface area (Å²) >= 11 is 0. The summed E-state index contributed by atoms with van der Waals surface area (Å²) in [6, 6.07) is 8.22. The van der Waals surface area contributed by atoms with Crippen molar-refractivity contribution in [1.82, 2.24) is 21.1 Å². The molecule has 0 spiro atoms. The molecule has 4 atom stereocenters. The van der Waals surface area contributed by atoms with Gasteiger partial charge in [-0.1, -0.05) is 32.0 Å². The predicted octanol–water partition coefficient (Wildman–Crippen LogP) is 4.07. The monoisotopic (exact) mass is 544 g/mol. The van der Waals surface area contributed by atoms with Gasteiger partial charge in [0.25, 0.3) is 11.8 Å². The molecule has 10 heteroatoms. The molecule has 2 aromatic carbocycles. The first-order chi connectivity index (χ1) is 18.4. The van der Waals surface area contributed by atoms with Crippen LogP contribution >= 0.6 is 0 Å². The number of carbonyl (C=O) groups excluding carboxylic acids is 3. The Hall–Kier alpha value is -3.40. The van der Waals surface area contributed by atoms with E-state index >= 15 is 8.78 Å². The van der Waals surface area contributed by atoms with Crippen LogP contribution in [0.25, 0.3) is 0 Å². The van der Waals surface area contributed by atoms with E-state index in [4.69, 9.17) is 0 Å². The van der Waals surface area contributed by atoms with Gasteiger partial charge < -0.3 is 10.2 Å². The number of hydrazine groups is 1. The molecule has 2 aromatic rings. The highest BCUT2D eigenvalue weighted by Crippen LogP contribution is 2.48. The predicted molar refractivity (Wildman–Crippen MR) is 140 cm³/mol. The maximum Gasteiger partial charge on any atom is 0.270 e. The lowest BCUT2D eigenvalue weighted by molar-refractivity contribution is -0.138. The zero-order valence-corrected chi connectivity index (χ0v) is 22.6. The number of aryl methyl sites for hydroxylation is 1. The summed E-state index contributed by atoms with van der Waals surface area (Å²) in [7, 11) is 0. The normalized spacial score (nSPS) is 24.5. The van der Waals surface area contributed by atoms with Crippen LogP contribution in [0.15, 0.2) is 42.5 Å². The van der Waals surface area contributed by atoms with Crippen molar-refractivity contribution in [3.8, 4) is 0 Å². The molecule has 2 saturated heterocycles. The topological polar surface area (TPSA) is 90.5 Å². The van der Waals surface area contributed by atoms with Gasteiger partial charge in [-0.25, -0.2) is 18.6 Å². The van der Waals surface area contributed by atoms with Crippen LogP contribution < -0.4 is 16.2 Å². The zero-order valence-electron chi connectivity index (χ0n) is 22.6. The van der Waals surface area contributed by atoms with Gasteiger partial charge in [-0.2, -0.15) is 0 Å². The molecule has 7 nitrogen and oxygen atoms in total. The van der Waals surface area contributed by atoms with Crippen LogP contribution in [0.2, 0.25) is 0 Å². The van der Waals surface area contributed by atoms with Crippen molar-refractivity contribution in [3.05, 3.63) is 70.5 Å². The minimum absolute atomic E-state index is 0.0726. The lowest BCUT2D eigenvalue weighted by atomic mass is 9.89. The van der Waals surface area contributed by atoms with Crippen molar-refractivity contribution in [2.45, 2.75) is 71.0 Å². The molecule has 3 amide bonds. The van der Waals surface area contributed by atoms with Gasteiger partial charge >= 0.3 is 0 Å². The summed E-state index contributed by atoms with van der Waals surface area (Å²) in [6.07, 6.45) is 0.609. The zero-order chi connectivity index (χ0) is 28.5. The Morgan fingerprint density at radius 2 is 1.92 bits per heavy atom. The third-order valence-electron chi connectivity index (χ3n) is 7.61. The summed E-state index contributed by atoms with van der Waals surface area (Å²) in [5.41, 5.74) is 7.98. The molecule has 4 rings (SSSR count). The van der Waals surface area contributed by atoms with Crippen molar-refractivity contribution in [1.29, 1.82) is 0 Å². The Kier molecular flexibility index (Phi) is 8.34. The van der Waals surface area contributed by atoms with Gasteiger partial charge in [-0.15, -0.1) is 0 Å². The van der Waals surface area contributed by atoms with E-state index in [1.807, 2.05) is 13.8 Å². The molecule has 2 aliphatic heterocycles. The summed E-state index contributed by atoms with van der Waals surface area (Å²) in [5.74, 6) is -5.72. The maximum atomic E-state index is 15.1. The van der Waals surface area contributed by atoms with E-state index in [-0.39, 0.29) is 17.9 Å². The Bertz CT molecular complexity index is 1250. The Morgan fingerprint density at radius 1 is 1.18 bits per heavy atom. The quantitative estimate of drug-likeness (QED) is 0.490. The van der Waals surface area contributed by atoms with Gasteiger partial charge in [0, 0.05) is 23.9 Å².